The van der Waals surface area contributed by atoms with Crippen molar-refractivity contribution in [2.24, 2.45) is 0 Å². The maximum absolute atomic E-state index is 5.86. The molecule has 0 amide bonds. The molecule has 0 unspecified atom stereocenters. The van der Waals surface area contributed by atoms with Gasteiger partial charge in [0.25, 0.3) is 0 Å². The SMILES string of the molecule is CCCCCCOCCCCOc1ccc(-c2ccc(CCCCCC)cn2)cc1. The molecule has 0 saturated carbocycles. The number of unbranched alkanes of at least 4 members (excludes halogenated alkanes) is 7. The fourth-order valence-corrected chi connectivity index (χ4v) is 3.45. The van der Waals surface area contributed by atoms with Gasteiger partial charge < -0.3 is 9.47 Å². The van der Waals surface area contributed by atoms with Gasteiger partial charge in [-0.05, 0) is 68.0 Å². The van der Waals surface area contributed by atoms with Gasteiger partial charge in [0, 0.05) is 25.0 Å². The van der Waals surface area contributed by atoms with E-state index < -0.39 is 0 Å². The minimum Gasteiger partial charge on any atom is -0.494 e. The molecule has 0 bridgehead atoms. The van der Waals surface area contributed by atoms with Crippen molar-refractivity contribution in [3.63, 3.8) is 0 Å². The van der Waals surface area contributed by atoms with Crippen molar-refractivity contribution in [2.75, 3.05) is 19.8 Å². The van der Waals surface area contributed by atoms with Crippen LogP contribution in [-0.2, 0) is 11.2 Å². The second kappa shape index (κ2) is 15.9. The Morgan fingerprint density at radius 2 is 1.33 bits per heavy atom. The Hall–Kier alpha value is -1.87. The molecule has 0 N–H and O–H groups in total. The van der Waals surface area contributed by atoms with Gasteiger partial charge in [-0.1, -0.05) is 58.4 Å². The van der Waals surface area contributed by atoms with E-state index in [2.05, 4.69) is 43.1 Å². The first kappa shape index (κ1) is 24.4. The number of ether oxygens (including phenoxy) is 2. The number of pyridine rings is 1. The summed E-state index contributed by atoms with van der Waals surface area (Å²) in [5.41, 5.74) is 3.49. The Balaban J connectivity index is 1.61. The smallest absolute Gasteiger partial charge is 0.119 e. The lowest BCUT2D eigenvalue weighted by atomic mass is 10.1. The molecule has 0 saturated heterocycles. The van der Waals surface area contributed by atoms with E-state index in [1.165, 1.54) is 56.9 Å². The summed E-state index contributed by atoms with van der Waals surface area (Å²) >= 11 is 0. The van der Waals surface area contributed by atoms with E-state index in [4.69, 9.17) is 9.47 Å². The van der Waals surface area contributed by atoms with Gasteiger partial charge >= 0.3 is 0 Å². The number of nitrogens with zero attached hydrogens (tertiary/aromatic N) is 1. The number of rotatable bonds is 17. The highest BCUT2D eigenvalue weighted by molar-refractivity contribution is 5.60. The molecule has 2 rings (SSSR count). The number of aromatic nitrogens is 1. The minimum atomic E-state index is 0.740. The fourth-order valence-electron chi connectivity index (χ4n) is 3.45. The summed E-state index contributed by atoms with van der Waals surface area (Å²) in [5.74, 6) is 0.923. The Bertz CT molecular complexity index is 652. The van der Waals surface area contributed by atoms with E-state index in [0.717, 1.165) is 56.1 Å². The predicted octanol–water partition coefficient (Wildman–Crippen LogP) is 7.63. The van der Waals surface area contributed by atoms with Crippen LogP contribution in [0.4, 0.5) is 0 Å². The molecule has 2 aromatic rings. The van der Waals surface area contributed by atoms with Gasteiger partial charge in [0.05, 0.1) is 12.3 Å². The van der Waals surface area contributed by atoms with E-state index in [1.807, 2.05) is 18.3 Å². The van der Waals surface area contributed by atoms with Gasteiger partial charge in [0.15, 0.2) is 0 Å². The zero-order valence-corrected chi connectivity index (χ0v) is 19.2. The topological polar surface area (TPSA) is 31.4 Å². The van der Waals surface area contributed by atoms with Crippen molar-refractivity contribution in [1.29, 1.82) is 0 Å². The van der Waals surface area contributed by atoms with Crippen LogP contribution in [-0.4, -0.2) is 24.8 Å². The average molecular weight is 412 g/mol. The molecule has 0 fully saturated rings. The molecule has 0 aliphatic heterocycles. The molecule has 30 heavy (non-hydrogen) atoms. The first-order chi connectivity index (χ1) is 14.8. The third kappa shape index (κ3) is 10.2. The summed E-state index contributed by atoms with van der Waals surface area (Å²) in [7, 11) is 0. The third-order valence-corrected chi connectivity index (χ3v) is 5.39. The summed E-state index contributed by atoms with van der Waals surface area (Å²) in [6, 6.07) is 12.6. The molecule has 3 nitrogen and oxygen atoms in total. The van der Waals surface area contributed by atoms with Crippen molar-refractivity contribution < 1.29 is 9.47 Å². The zero-order chi connectivity index (χ0) is 21.3. The highest BCUT2D eigenvalue weighted by Gasteiger charge is 2.02. The predicted molar refractivity (Wildman–Crippen MR) is 127 cm³/mol. The standard InChI is InChI=1S/C27H41NO2/c1-3-5-7-9-13-24-14-19-27(28-23-24)25-15-17-26(18-16-25)30-22-12-11-21-29-20-10-8-6-4-2/h14-19,23H,3-13,20-22H2,1-2H3. The zero-order valence-electron chi connectivity index (χ0n) is 19.2. The van der Waals surface area contributed by atoms with E-state index in [0.29, 0.717) is 0 Å². The van der Waals surface area contributed by atoms with Crippen molar-refractivity contribution >= 4 is 0 Å². The normalized spacial score (nSPS) is 11.0. The van der Waals surface area contributed by atoms with Crippen LogP contribution in [0.3, 0.4) is 0 Å². The van der Waals surface area contributed by atoms with Crippen molar-refractivity contribution in [1.82, 2.24) is 4.98 Å². The molecule has 1 aromatic carbocycles. The Labute approximate surface area is 184 Å². The first-order valence-electron chi connectivity index (χ1n) is 12.1. The van der Waals surface area contributed by atoms with Crippen LogP contribution in [0.5, 0.6) is 5.75 Å². The van der Waals surface area contributed by atoms with Gasteiger partial charge in [-0.25, -0.2) is 0 Å². The van der Waals surface area contributed by atoms with E-state index in [-0.39, 0.29) is 0 Å². The van der Waals surface area contributed by atoms with Crippen LogP contribution in [0.25, 0.3) is 11.3 Å². The third-order valence-electron chi connectivity index (χ3n) is 5.39. The summed E-state index contributed by atoms with van der Waals surface area (Å²) in [4.78, 5) is 4.65. The molecule has 0 radical (unpaired) electrons. The molecule has 3 heteroatoms. The lowest BCUT2D eigenvalue weighted by Gasteiger charge is -2.08. The number of hydrogen-bond donors (Lipinski definition) is 0. The lowest BCUT2D eigenvalue weighted by Crippen LogP contribution is -2.02. The van der Waals surface area contributed by atoms with Crippen LogP contribution in [0.1, 0.15) is 83.6 Å². The maximum atomic E-state index is 5.86. The highest BCUT2D eigenvalue weighted by Crippen LogP contribution is 2.21. The molecule has 1 aromatic heterocycles. The quantitative estimate of drug-likeness (QED) is 0.251. The van der Waals surface area contributed by atoms with Crippen LogP contribution < -0.4 is 4.74 Å². The maximum Gasteiger partial charge on any atom is 0.119 e. The minimum absolute atomic E-state index is 0.740. The van der Waals surface area contributed by atoms with Crippen LogP contribution in [0, 0.1) is 0 Å². The van der Waals surface area contributed by atoms with Gasteiger partial charge in [-0.3, -0.25) is 4.98 Å². The fraction of sp³-hybridized carbons (Fsp3) is 0.593. The highest BCUT2D eigenvalue weighted by atomic mass is 16.5. The average Bonchev–Trinajstić information content (AvgIpc) is 2.79. The summed E-state index contributed by atoms with van der Waals surface area (Å²) in [6.45, 7) is 6.96. The Morgan fingerprint density at radius 1 is 0.667 bits per heavy atom. The molecule has 0 aliphatic carbocycles. The van der Waals surface area contributed by atoms with E-state index >= 15 is 0 Å². The lowest BCUT2D eigenvalue weighted by molar-refractivity contribution is 0.122. The van der Waals surface area contributed by atoms with Gasteiger partial charge in [-0.2, -0.15) is 0 Å². The first-order valence-corrected chi connectivity index (χ1v) is 12.1. The monoisotopic (exact) mass is 411 g/mol. The number of benzene rings is 1. The molecule has 166 valence electrons. The number of hydrogen-bond acceptors (Lipinski definition) is 3. The summed E-state index contributed by atoms with van der Waals surface area (Å²) in [5, 5.41) is 0. The second-order valence-corrected chi connectivity index (χ2v) is 8.12. The Kier molecular flexibility index (Phi) is 12.9. The second-order valence-electron chi connectivity index (χ2n) is 8.12. The molecule has 0 aliphatic rings. The molecular weight excluding hydrogens is 370 g/mol. The van der Waals surface area contributed by atoms with Crippen molar-refractivity contribution in [2.45, 2.75) is 84.5 Å². The van der Waals surface area contributed by atoms with Crippen LogP contribution >= 0.6 is 0 Å². The van der Waals surface area contributed by atoms with E-state index in [1.54, 1.807) is 0 Å². The van der Waals surface area contributed by atoms with Gasteiger partial charge in [0.1, 0.15) is 5.75 Å². The largest absolute Gasteiger partial charge is 0.494 e. The van der Waals surface area contributed by atoms with Crippen molar-refractivity contribution in [3.8, 4) is 17.0 Å². The molecule has 0 spiro atoms. The molecular formula is C27H41NO2. The molecule has 1 heterocycles. The molecule has 0 atom stereocenters. The van der Waals surface area contributed by atoms with Gasteiger partial charge in [0.2, 0.25) is 0 Å². The van der Waals surface area contributed by atoms with Gasteiger partial charge in [-0.15, -0.1) is 0 Å². The van der Waals surface area contributed by atoms with Crippen molar-refractivity contribution in [3.05, 3.63) is 48.2 Å². The van der Waals surface area contributed by atoms with E-state index in [9.17, 15) is 0 Å². The Morgan fingerprint density at radius 3 is 2.00 bits per heavy atom. The van der Waals surface area contributed by atoms with Crippen LogP contribution in [0.2, 0.25) is 0 Å². The number of aryl methyl sites for hydroxylation is 1. The summed E-state index contributed by atoms with van der Waals surface area (Å²) < 4.78 is 11.5. The summed E-state index contributed by atoms with van der Waals surface area (Å²) in [6.07, 6.45) is 15.5. The van der Waals surface area contributed by atoms with Crippen LogP contribution in [0.15, 0.2) is 42.6 Å².